The van der Waals surface area contributed by atoms with Gasteiger partial charge in [0.15, 0.2) is 5.13 Å². The molecule has 5 heteroatoms. The molecule has 0 saturated heterocycles. The van der Waals surface area contributed by atoms with Crippen molar-refractivity contribution in [2.24, 2.45) is 0 Å². The summed E-state index contributed by atoms with van der Waals surface area (Å²) in [6.45, 7) is 2.62. The summed E-state index contributed by atoms with van der Waals surface area (Å²) < 4.78 is 1.12. The van der Waals surface area contributed by atoms with E-state index in [1.165, 1.54) is 11.1 Å². The Morgan fingerprint density at radius 2 is 1.83 bits per heavy atom. The van der Waals surface area contributed by atoms with Crippen molar-refractivity contribution >= 4 is 32.6 Å². The Kier molecular flexibility index (Phi) is 5.96. The molecule has 0 unspecified atom stereocenters. The Labute approximate surface area is 174 Å². The summed E-state index contributed by atoms with van der Waals surface area (Å²) in [6.07, 6.45) is 5.70. The summed E-state index contributed by atoms with van der Waals surface area (Å²) in [5.74, 6) is 0.0764. The number of carbonyl (C=O) groups excluding carboxylic acids is 1. The Bertz CT molecular complexity index is 1090. The molecular formula is C24H23N3OS. The molecule has 146 valence electrons. The Morgan fingerprint density at radius 3 is 2.59 bits per heavy atom. The molecule has 2 aromatic carbocycles. The standard InChI is InChI=1S/C24H23N3OS/c1-2-18-10-12-21-22(15-18)29-24(26-21)27(17-20-9-6-14-25-16-20)23(28)13-11-19-7-4-3-5-8-19/h3-10,12,14-16H,2,11,13,17H2,1H3. The van der Waals surface area contributed by atoms with E-state index in [0.717, 1.165) is 27.3 Å². The molecule has 0 aliphatic rings. The maximum Gasteiger partial charge on any atom is 0.229 e. The number of anilines is 1. The van der Waals surface area contributed by atoms with E-state index in [0.29, 0.717) is 19.4 Å². The van der Waals surface area contributed by atoms with Crippen molar-refractivity contribution in [1.29, 1.82) is 0 Å². The van der Waals surface area contributed by atoms with Crippen LogP contribution in [-0.4, -0.2) is 15.9 Å². The van der Waals surface area contributed by atoms with Crippen LogP contribution in [0.3, 0.4) is 0 Å². The molecule has 0 atom stereocenters. The predicted molar refractivity (Wildman–Crippen MR) is 119 cm³/mol. The van der Waals surface area contributed by atoms with Crippen LogP contribution in [0.25, 0.3) is 10.2 Å². The third-order valence-electron chi connectivity index (χ3n) is 4.92. The van der Waals surface area contributed by atoms with Crippen LogP contribution in [0, 0.1) is 0 Å². The number of aromatic nitrogens is 2. The van der Waals surface area contributed by atoms with Gasteiger partial charge in [0.05, 0.1) is 16.8 Å². The number of carbonyl (C=O) groups is 1. The van der Waals surface area contributed by atoms with Gasteiger partial charge in [-0.25, -0.2) is 4.98 Å². The van der Waals surface area contributed by atoms with E-state index in [1.807, 2.05) is 36.4 Å². The molecule has 2 heterocycles. The zero-order valence-corrected chi connectivity index (χ0v) is 17.2. The molecule has 4 aromatic rings. The third-order valence-corrected chi connectivity index (χ3v) is 5.96. The molecule has 0 aliphatic heterocycles. The lowest BCUT2D eigenvalue weighted by molar-refractivity contribution is -0.118. The van der Waals surface area contributed by atoms with Crippen molar-refractivity contribution in [2.45, 2.75) is 32.7 Å². The molecule has 1 amide bonds. The highest BCUT2D eigenvalue weighted by molar-refractivity contribution is 7.22. The van der Waals surface area contributed by atoms with Gasteiger partial charge in [-0.2, -0.15) is 0 Å². The van der Waals surface area contributed by atoms with E-state index in [2.05, 4.69) is 36.2 Å². The van der Waals surface area contributed by atoms with Crippen LogP contribution < -0.4 is 4.90 Å². The molecule has 2 aromatic heterocycles. The smallest absolute Gasteiger partial charge is 0.229 e. The van der Waals surface area contributed by atoms with Gasteiger partial charge in [-0.05, 0) is 47.7 Å². The van der Waals surface area contributed by atoms with Crippen LogP contribution in [0.5, 0.6) is 0 Å². The number of hydrogen-bond acceptors (Lipinski definition) is 4. The minimum absolute atomic E-state index is 0.0764. The van der Waals surface area contributed by atoms with E-state index < -0.39 is 0 Å². The van der Waals surface area contributed by atoms with E-state index in [-0.39, 0.29) is 5.91 Å². The van der Waals surface area contributed by atoms with Crippen LogP contribution in [-0.2, 0) is 24.2 Å². The van der Waals surface area contributed by atoms with Crippen molar-refractivity contribution in [1.82, 2.24) is 9.97 Å². The summed E-state index contributed by atoms with van der Waals surface area (Å²) in [5.41, 5.74) is 4.38. The average molecular weight is 402 g/mol. The fraction of sp³-hybridized carbons (Fsp3) is 0.208. The molecule has 0 spiro atoms. The summed E-state index contributed by atoms with van der Waals surface area (Å²) in [5, 5.41) is 0.746. The molecule has 0 N–H and O–H groups in total. The summed E-state index contributed by atoms with van der Waals surface area (Å²) >= 11 is 1.58. The van der Waals surface area contributed by atoms with Gasteiger partial charge in [0.1, 0.15) is 0 Å². The van der Waals surface area contributed by atoms with Crippen LogP contribution in [0.2, 0.25) is 0 Å². The van der Waals surface area contributed by atoms with Gasteiger partial charge in [0.2, 0.25) is 5.91 Å². The maximum atomic E-state index is 13.2. The van der Waals surface area contributed by atoms with Gasteiger partial charge in [-0.15, -0.1) is 0 Å². The van der Waals surface area contributed by atoms with E-state index in [9.17, 15) is 4.79 Å². The lowest BCUT2D eigenvalue weighted by Gasteiger charge is -2.20. The Balaban J connectivity index is 1.61. The molecule has 4 rings (SSSR count). The van der Waals surface area contributed by atoms with Gasteiger partial charge in [-0.3, -0.25) is 14.7 Å². The normalized spacial score (nSPS) is 10.9. The van der Waals surface area contributed by atoms with Crippen molar-refractivity contribution < 1.29 is 4.79 Å². The van der Waals surface area contributed by atoms with Crippen LogP contribution in [0.15, 0.2) is 73.1 Å². The van der Waals surface area contributed by atoms with E-state index in [1.54, 1.807) is 28.6 Å². The number of rotatable bonds is 7. The Hall–Kier alpha value is -3.05. The van der Waals surface area contributed by atoms with Crippen LogP contribution >= 0.6 is 11.3 Å². The predicted octanol–water partition coefficient (Wildman–Crippen LogP) is 5.42. The van der Waals surface area contributed by atoms with Crippen molar-refractivity contribution in [2.75, 3.05) is 4.90 Å². The monoisotopic (exact) mass is 401 g/mol. The fourth-order valence-corrected chi connectivity index (χ4v) is 4.31. The van der Waals surface area contributed by atoms with E-state index in [4.69, 9.17) is 4.98 Å². The summed E-state index contributed by atoms with van der Waals surface area (Å²) in [7, 11) is 0. The maximum absolute atomic E-state index is 13.2. The highest BCUT2D eigenvalue weighted by atomic mass is 32.1. The second kappa shape index (κ2) is 8.97. The number of aryl methyl sites for hydroxylation is 2. The van der Waals surface area contributed by atoms with Gasteiger partial charge in [-0.1, -0.05) is 60.7 Å². The zero-order valence-electron chi connectivity index (χ0n) is 16.4. The second-order valence-electron chi connectivity index (χ2n) is 6.98. The summed E-state index contributed by atoms with van der Waals surface area (Å²) in [4.78, 5) is 24.0. The molecule has 0 fully saturated rings. The molecular weight excluding hydrogens is 378 g/mol. The number of hydrogen-bond donors (Lipinski definition) is 0. The average Bonchev–Trinajstić information content (AvgIpc) is 3.20. The first-order chi connectivity index (χ1) is 14.2. The van der Waals surface area contributed by atoms with Crippen molar-refractivity contribution in [3.8, 4) is 0 Å². The zero-order chi connectivity index (χ0) is 20.1. The number of nitrogens with zero attached hydrogens (tertiary/aromatic N) is 3. The first kappa shape index (κ1) is 19.3. The second-order valence-corrected chi connectivity index (χ2v) is 7.99. The lowest BCUT2D eigenvalue weighted by atomic mass is 10.1. The minimum atomic E-state index is 0.0764. The third kappa shape index (κ3) is 4.69. The van der Waals surface area contributed by atoms with Gasteiger partial charge in [0.25, 0.3) is 0 Å². The first-order valence-electron chi connectivity index (χ1n) is 9.85. The number of pyridine rings is 1. The topological polar surface area (TPSA) is 46.1 Å². The molecule has 0 saturated carbocycles. The highest BCUT2D eigenvalue weighted by Crippen LogP contribution is 2.31. The molecule has 0 bridgehead atoms. The molecule has 4 nitrogen and oxygen atoms in total. The highest BCUT2D eigenvalue weighted by Gasteiger charge is 2.20. The van der Waals surface area contributed by atoms with Gasteiger partial charge in [0, 0.05) is 18.8 Å². The Morgan fingerprint density at radius 1 is 1.00 bits per heavy atom. The van der Waals surface area contributed by atoms with Crippen molar-refractivity contribution in [3.05, 3.63) is 89.7 Å². The molecule has 0 aliphatic carbocycles. The van der Waals surface area contributed by atoms with Gasteiger partial charge < -0.3 is 0 Å². The summed E-state index contributed by atoms with van der Waals surface area (Å²) in [6, 6.07) is 20.3. The molecule has 29 heavy (non-hydrogen) atoms. The van der Waals surface area contributed by atoms with Crippen molar-refractivity contribution in [3.63, 3.8) is 0 Å². The largest absolute Gasteiger partial charge is 0.284 e. The number of fused-ring (bicyclic) bond motifs is 1. The van der Waals surface area contributed by atoms with Gasteiger partial charge >= 0.3 is 0 Å². The number of amides is 1. The number of benzene rings is 2. The van der Waals surface area contributed by atoms with Crippen LogP contribution in [0.4, 0.5) is 5.13 Å². The SMILES string of the molecule is CCc1ccc2nc(N(Cc3cccnc3)C(=O)CCc3ccccc3)sc2c1. The first-order valence-corrected chi connectivity index (χ1v) is 10.7. The fourth-order valence-electron chi connectivity index (χ4n) is 3.26. The number of thiazole rings is 1. The minimum Gasteiger partial charge on any atom is -0.284 e. The van der Waals surface area contributed by atoms with E-state index >= 15 is 0 Å². The van der Waals surface area contributed by atoms with Crippen LogP contribution in [0.1, 0.15) is 30.0 Å². The lowest BCUT2D eigenvalue weighted by Crippen LogP contribution is -2.30. The quantitative estimate of drug-likeness (QED) is 0.415. The molecule has 0 radical (unpaired) electrons.